The molecule has 86 valence electrons. The van der Waals surface area contributed by atoms with Gasteiger partial charge in [0.1, 0.15) is 11.5 Å². The monoisotopic (exact) mass is 222 g/mol. The lowest BCUT2D eigenvalue weighted by atomic mass is 9.82. The van der Waals surface area contributed by atoms with Crippen LogP contribution in [0.2, 0.25) is 0 Å². The molecule has 1 aromatic rings. The summed E-state index contributed by atoms with van der Waals surface area (Å²) in [6.45, 7) is 2.16. The zero-order chi connectivity index (χ0) is 11.7. The lowest BCUT2D eigenvalue weighted by Gasteiger charge is -2.28. The van der Waals surface area contributed by atoms with Crippen LogP contribution in [0.4, 0.5) is 0 Å². The number of carbonyl (C=O) groups is 1. The second-order valence-corrected chi connectivity index (χ2v) is 4.06. The molecule has 0 saturated heterocycles. The molecule has 0 spiro atoms. The number of hydrogen-bond acceptors (Lipinski definition) is 3. The minimum atomic E-state index is -0.846. The van der Waals surface area contributed by atoms with Crippen molar-refractivity contribution < 1.29 is 19.7 Å². The molecular formula is C12H14O4. The van der Waals surface area contributed by atoms with Crippen LogP contribution in [0.15, 0.2) is 18.2 Å². The predicted molar refractivity (Wildman–Crippen MR) is 57.8 cm³/mol. The van der Waals surface area contributed by atoms with Gasteiger partial charge in [-0.1, -0.05) is 13.0 Å². The highest BCUT2D eigenvalue weighted by Gasteiger charge is 2.32. The fraction of sp³-hybridized carbons (Fsp3) is 0.417. The molecule has 2 rings (SSSR count). The van der Waals surface area contributed by atoms with Crippen LogP contribution < -0.4 is 4.74 Å². The summed E-state index contributed by atoms with van der Waals surface area (Å²) in [6, 6.07) is 5.02. The first kappa shape index (κ1) is 10.8. The maximum atomic E-state index is 11.0. The number of carboxylic acid groups (broad SMARTS) is 1. The van der Waals surface area contributed by atoms with Crippen LogP contribution in [0.1, 0.15) is 24.8 Å². The van der Waals surface area contributed by atoms with Gasteiger partial charge >= 0.3 is 5.97 Å². The summed E-state index contributed by atoms with van der Waals surface area (Å²) in [7, 11) is 0. The van der Waals surface area contributed by atoms with Gasteiger partial charge in [0.15, 0.2) is 0 Å². The summed E-state index contributed by atoms with van der Waals surface area (Å²) in [5.74, 6) is -0.820. The van der Waals surface area contributed by atoms with E-state index in [1.165, 1.54) is 0 Å². The van der Waals surface area contributed by atoms with Crippen LogP contribution in [-0.2, 0) is 4.79 Å². The molecular weight excluding hydrogens is 208 g/mol. The maximum Gasteiger partial charge on any atom is 0.306 e. The Morgan fingerprint density at radius 3 is 3.00 bits per heavy atom. The molecule has 4 nitrogen and oxygen atoms in total. The van der Waals surface area contributed by atoms with E-state index >= 15 is 0 Å². The third kappa shape index (κ3) is 1.71. The molecule has 0 amide bonds. The smallest absolute Gasteiger partial charge is 0.306 e. The average molecular weight is 222 g/mol. The number of carboxylic acids is 1. The minimum absolute atomic E-state index is 0.121. The highest BCUT2D eigenvalue weighted by atomic mass is 16.5. The number of rotatable bonds is 2. The van der Waals surface area contributed by atoms with Crippen LogP contribution in [0.5, 0.6) is 11.5 Å². The van der Waals surface area contributed by atoms with Crippen LogP contribution in [0.3, 0.4) is 0 Å². The van der Waals surface area contributed by atoms with Gasteiger partial charge in [-0.3, -0.25) is 4.79 Å². The molecule has 0 bridgehead atoms. The lowest BCUT2D eigenvalue weighted by molar-refractivity contribution is -0.142. The highest BCUT2D eigenvalue weighted by molar-refractivity contribution is 5.71. The van der Waals surface area contributed by atoms with Crippen molar-refractivity contribution in [2.45, 2.75) is 19.3 Å². The number of ether oxygens (including phenoxy) is 1. The van der Waals surface area contributed by atoms with Crippen LogP contribution >= 0.6 is 0 Å². The number of phenols is 1. The summed E-state index contributed by atoms with van der Waals surface area (Å²) >= 11 is 0. The molecule has 0 saturated carbocycles. The van der Waals surface area contributed by atoms with Crippen molar-refractivity contribution in [2.75, 3.05) is 6.61 Å². The van der Waals surface area contributed by atoms with Crippen LogP contribution in [0.25, 0.3) is 0 Å². The Morgan fingerprint density at radius 1 is 1.56 bits per heavy atom. The first-order valence-electron chi connectivity index (χ1n) is 5.28. The average Bonchev–Trinajstić information content (AvgIpc) is 2.27. The molecule has 0 aromatic heterocycles. The standard InChI is InChI=1S/C12H14O4/c1-7(12(14)15)8-5-6-16-10-4-2-3-9(13)11(8)10/h2-4,7-8,13H,5-6H2,1H3,(H,14,15). The third-order valence-electron chi connectivity index (χ3n) is 3.09. The summed E-state index contributed by atoms with van der Waals surface area (Å²) in [6.07, 6.45) is 0.623. The Hall–Kier alpha value is -1.71. The molecule has 1 aromatic carbocycles. The Morgan fingerprint density at radius 2 is 2.31 bits per heavy atom. The van der Waals surface area contributed by atoms with Crippen LogP contribution in [0, 0.1) is 5.92 Å². The molecule has 1 heterocycles. The van der Waals surface area contributed by atoms with Gasteiger partial charge in [0.2, 0.25) is 0 Å². The Labute approximate surface area is 93.5 Å². The van der Waals surface area contributed by atoms with Gasteiger partial charge in [0, 0.05) is 11.5 Å². The number of aliphatic carboxylic acids is 1. The second-order valence-electron chi connectivity index (χ2n) is 4.06. The largest absolute Gasteiger partial charge is 0.508 e. The fourth-order valence-corrected chi connectivity index (χ4v) is 2.14. The van der Waals surface area contributed by atoms with E-state index in [4.69, 9.17) is 9.84 Å². The van der Waals surface area contributed by atoms with Gasteiger partial charge in [-0.05, 0) is 18.6 Å². The highest BCUT2D eigenvalue weighted by Crippen LogP contribution is 2.43. The van der Waals surface area contributed by atoms with Crippen molar-refractivity contribution in [2.24, 2.45) is 5.92 Å². The van der Waals surface area contributed by atoms with E-state index in [9.17, 15) is 9.90 Å². The molecule has 2 unspecified atom stereocenters. The van der Waals surface area contributed by atoms with Crippen molar-refractivity contribution in [1.82, 2.24) is 0 Å². The molecule has 2 atom stereocenters. The minimum Gasteiger partial charge on any atom is -0.508 e. The normalized spacial score (nSPS) is 20.7. The van der Waals surface area contributed by atoms with Gasteiger partial charge < -0.3 is 14.9 Å². The molecule has 0 fully saturated rings. The zero-order valence-electron chi connectivity index (χ0n) is 9.01. The van der Waals surface area contributed by atoms with E-state index < -0.39 is 11.9 Å². The fourth-order valence-electron chi connectivity index (χ4n) is 2.14. The van der Waals surface area contributed by atoms with Gasteiger partial charge in [0.25, 0.3) is 0 Å². The topological polar surface area (TPSA) is 66.8 Å². The SMILES string of the molecule is CC(C(=O)O)C1CCOc2cccc(O)c21. The summed E-state index contributed by atoms with van der Waals surface area (Å²) in [5.41, 5.74) is 0.628. The number of benzene rings is 1. The molecule has 1 aliphatic rings. The van der Waals surface area contributed by atoms with E-state index in [1.54, 1.807) is 25.1 Å². The van der Waals surface area contributed by atoms with Gasteiger partial charge in [-0.2, -0.15) is 0 Å². The Balaban J connectivity index is 2.43. The van der Waals surface area contributed by atoms with E-state index in [2.05, 4.69) is 0 Å². The van der Waals surface area contributed by atoms with Gasteiger partial charge in [-0.25, -0.2) is 0 Å². The van der Waals surface area contributed by atoms with Gasteiger partial charge in [-0.15, -0.1) is 0 Å². The zero-order valence-corrected chi connectivity index (χ0v) is 9.01. The van der Waals surface area contributed by atoms with E-state index in [0.717, 1.165) is 0 Å². The van der Waals surface area contributed by atoms with Crippen molar-refractivity contribution in [1.29, 1.82) is 0 Å². The maximum absolute atomic E-state index is 11.0. The van der Waals surface area contributed by atoms with Crippen molar-refractivity contribution >= 4 is 5.97 Å². The summed E-state index contributed by atoms with van der Waals surface area (Å²) in [4.78, 5) is 11.0. The van der Waals surface area contributed by atoms with Crippen molar-refractivity contribution in [3.05, 3.63) is 23.8 Å². The molecule has 1 aliphatic heterocycles. The Kier molecular flexibility index (Phi) is 2.73. The first-order chi connectivity index (χ1) is 7.61. The third-order valence-corrected chi connectivity index (χ3v) is 3.09. The van der Waals surface area contributed by atoms with Gasteiger partial charge in [0.05, 0.1) is 12.5 Å². The van der Waals surface area contributed by atoms with Crippen LogP contribution in [-0.4, -0.2) is 22.8 Å². The molecule has 2 N–H and O–H groups in total. The quantitative estimate of drug-likeness (QED) is 0.802. The van der Waals surface area contributed by atoms with E-state index in [-0.39, 0.29) is 11.7 Å². The predicted octanol–water partition coefficient (Wildman–Crippen LogP) is 1.98. The molecule has 0 radical (unpaired) electrons. The first-order valence-corrected chi connectivity index (χ1v) is 5.28. The number of hydrogen-bond donors (Lipinski definition) is 2. The van der Waals surface area contributed by atoms with E-state index in [0.29, 0.717) is 24.3 Å². The van der Waals surface area contributed by atoms with E-state index in [1.807, 2.05) is 0 Å². The summed E-state index contributed by atoms with van der Waals surface area (Å²) < 4.78 is 5.41. The lowest BCUT2D eigenvalue weighted by Crippen LogP contribution is -2.24. The second kappa shape index (κ2) is 4.04. The molecule has 4 heteroatoms. The number of aromatic hydroxyl groups is 1. The molecule has 16 heavy (non-hydrogen) atoms. The Bertz CT molecular complexity index is 413. The molecule has 0 aliphatic carbocycles. The van der Waals surface area contributed by atoms with Crippen molar-refractivity contribution in [3.8, 4) is 11.5 Å². The summed E-state index contributed by atoms with van der Waals surface area (Å²) in [5, 5.41) is 18.8. The number of fused-ring (bicyclic) bond motifs is 1. The van der Waals surface area contributed by atoms with Crippen molar-refractivity contribution in [3.63, 3.8) is 0 Å². The number of phenolic OH excluding ortho intramolecular Hbond substituents is 1.